The van der Waals surface area contributed by atoms with Crippen molar-refractivity contribution in [3.05, 3.63) is 52.8 Å². The number of rotatable bonds is 6. The van der Waals surface area contributed by atoms with Crippen molar-refractivity contribution in [2.75, 3.05) is 18.6 Å². The molecule has 0 aliphatic carbocycles. The monoisotopic (exact) mass is 377 g/mol. The zero-order valence-corrected chi connectivity index (χ0v) is 15.9. The molecule has 0 radical (unpaired) electrons. The molecule has 0 aliphatic heterocycles. The molecule has 0 fully saturated rings. The van der Waals surface area contributed by atoms with Crippen LogP contribution in [0.5, 0.6) is 0 Å². The van der Waals surface area contributed by atoms with Crippen LogP contribution in [0.25, 0.3) is 22.2 Å². The van der Waals surface area contributed by atoms with E-state index in [4.69, 9.17) is 4.42 Å². The van der Waals surface area contributed by atoms with Crippen molar-refractivity contribution in [3.8, 4) is 11.3 Å². The normalized spacial score (nSPS) is 11.2. The maximum Gasteiger partial charge on any atom is 0.258 e. The second kappa shape index (κ2) is 8.77. The molecule has 0 unspecified atom stereocenters. The summed E-state index contributed by atoms with van der Waals surface area (Å²) in [5, 5.41) is 3.52. The van der Waals surface area contributed by atoms with E-state index in [0.717, 1.165) is 5.56 Å². The Kier molecular flexibility index (Phi) is 6.70. The molecule has 0 atom stereocenters. The lowest BCUT2D eigenvalue weighted by Gasteiger charge is -2.02. The molecule has 26 heavy (non-hydrogen) atoms. The standard InChI is InChI=1S/C16H17N3O4S.C2H6/c1-24(21,22)7-6-17-9-12-3-5-15(23-12)11-2-4-14-13(8-11)16(20)19-10-18-14;1-2/h2-5,8,10,17H,6-7,9H2,1H3,(H,18,19,20);1-2H3. The van der Waals surface area contributed by atoms with Gasteiger partial charge in [0.15, 0.2) is 0 Å². The number of H-pyrrole nitrogens is 1. The van der Waals surface area contributed by atoms with Crippen molar-refractivity contribution in [2.45, 2.75) is 20.4 Å². The number of benzene rings is 1. The Hall–Kier alpha value is -2.45. The Balaban J connectivity index is 0.00000117. The largest absolute Gasteiger partial charge is 0.460 e. The van der Waals surface area contributed by atoms with Crippen molar-refractivity contribution in [3.63, 3.8) is 0 Å². The van der Waals surface area contributed by atoms with E-state index in [2.05, 4.69) is 15.3 Å². The van der Waals surface area contributed by atoms with Gasteiger partial charge in [0.05, 0.1) is 29.5 Å². The van der Waals surface area contributed by atoms with Crippen molar-refractivity contribution in [2.24, 2.45) is 0 Å². The molecule has 1 aromatic carbocycles. The molecule has 0 saturated carbocycles. The molecule has 7 nitrogen and oxygen atoms in total. The molecule has 8 heteroatoms. The van der Waals surface area contributed by atoms with Crippen LogP contribution in [0.15, 0.2) is 45.9 Å². The molecule has 2 aromatic heterocycles. The predicted octanol–water partition coefficient (Wildman–Crippen LogP) is 2.34. The highest BCUT2D eigenvalue weighted by Crippen LogP contribution is 2.24. The van der Waals surface area contributed by atoms with E-state index in [1.807, 2.05) is 32.0 Å². The highest BCUT2D eigenvalue weighted by molar-refractivity contribution is 7.90. The number of aromatic nitrogens is 2. The van der Waals surface area contributed by atoms with Gasteiger partial charge in [-0.3, -0.25) is 4.79 Å². The minimum absolute atomic E-state index is 0.0843. The molecule has 2 heterocycles. The van der Waals surface area contributed by atoms with Gasteiger partial charge in [-0.05, 0) is 30.3 Å². The number of nitrogens with one attached hydrogen (secondary N) is 2. The summed E-state index contributed by atoms with van der Waals surface area (Å²) in [6.07, 6.45) is 2.58. The molecular formula is C18H23N3O4S. The van der Waals surface area contributed by atoms with Crippen LogP contribution in [0, 0.1) is 0 Å². The van der Waals surface area contributed by atoms with Gasteiger partial charge in [-0.1, -0.05) is 13.8 Å². The van der Waals surface area contributed by atoms with Gasteiger partial charge >= 0.3 is 0 Å². The minimum Gasteiger partial charge on any atom is -0.460 e. The van der Waals surface area contributed by atoms with Gasteiger partial charge in [-0.2, -0.15) is 0 Å². The van der Waals surface area contributed by atoms with E-state index in [0.29, 0.717) is 35.5 Å². The van der Waals surface area contributed by atoms with Gasteiger partial charge in [0.1, 0.15) is 21.4 Å². The molecule has 0 amide bonds. The van der Waals surface area contributed by atoms with Gasteiger partial charge in [0.25, 0.3) is 5.56 Å². The van der Waals surface area contributed by atoms with Crippen LogP contribution in [0.2, 0.25) is 0 Å². The number of hydrogen-bond acceptors (Lipinski definition) is 6. The van der Waals surface area contributed by atoms with Crippen LogP contribution in [-0.2, 0) is 16.4 Å². The summed E-state index contributed by atoms with van der Waals surface area (Å²) in [7, 11) is -2.97. The maximum absolute atomic E-state index is 11.8. The topological polar surface area (TPSA) is 105 Å². The average Bonchev–Trinajstić information content (AvgIpc) is 3.09. The first-order chi connectivity index (χ1) is 12.4. The summed E-state index contributed by atoms with van der Waals surface area (Å²) in [5.74, 6) is 1.42. The molecule has 140 valence electrons. The number of hydrogen-bond donors (Lipinski definition) is 2. The second-order valence-electron chi connectivity index (χ2n) is 5.54. The number of furan rings is 1. The molecule has 0 aliphatic rings. The first-order valence-electron chi connectivity index (χ1n) is 8.37. The molecule has 0 spiro atoms. The first-order valence-corrected chi connectivity index (χ1v) is 10.4. The van der Waals surface area contributed by atoms with Crippen LogP contribution in [0.3, 0.4) is 0 Å². The first kappa shape index (κ1) is 19.9. The molecule has 3 aromatic rings. The lowest BCUT2D eigenvalue weighted by molar-refractivity contribution is 0.498. The highest BCUT2D eigenvalue weighted by Gasteiger charge is 2.08. The van der Waals surface area contributed by atoms with Gasteiger partial charge in [-0.15, -0.1) is 0 Å². The smallest absolute Gasteiger partial charge is 0.258 e. The fraction of sp³-hybridized carbons (Fsp3) is 0.333. The zero-order chi connectivity index (χ0) is 19.2. The van der Waals surface area contributed by atoms with Crippen LogP contribution in [0.1, 0.15) is 19.6 Å². The van der Waals surface area contributed by atoms with Crippen molar-refractivity contribution >= 4 is 20.7 Å². The molecule has 0 bridgehead atoms. The van der Waals surface area contributed by atoms with Crippen molar-refractivity contribution in [1.29, 1.82) is 0 Å². The van der Waals surface area contributed by atoms with Crippen LogP contribution in [0.4, 0.5) is 0 Å². The maximum atomic E-state index is 11.8. The van der Waals surface area contributed by atoms with E-state index >= 15 is 0 Å². The van der Waals surface area contributed by atoms with Crippen molar-refractivity contribution < 1.29 is 12.8 Å². The van der Waals surface area contributed by atoms with Crippen LogP contribution >= 0.6 is 0 Å². The SMILES string of the molecule is CC.CS(=O)(=O)CCNCc1ccc(-c2ccc3nc[nH]c(=O)c3c2)o1. The van der Waals surface area contributed by atoms with Gasteiger partial charge in [0.2, 0.25) is 0 Å². The molecule has 2 N–H and O–H groups in total. The van der Waals surface area contributed by atoms with Gasteiger partial charge < -0.3 is 14.7 Å². The number of nitrogens with zero attached hydrogens (tertiary/aromatic N) is 1. The van der Waals surface area contributed by atoms with E-state index in [9.17, 15) is 13.2 Å². The number of fused-ring (bicyclic) bond motifs is 1. The van der Waals surface area contributed by atoms with Crippen LogP contribution in [-0.4, -0.2) is 36.9 Å². The Morgan fingerprint density at radius 3 is 2.69 bits per heavy atom. The summed E-state index contributed by atoms with van der Waals surface area (Å²) in [6.45, 7) is 4.80. The predicted molar refractivity (Wildman–Crippen MR) is 103 cm³/mol. The lowest BCUT2D eigenvalue weighted by Crippen LogP contribution is -2.21. The third kappa shape index (κ3) is 5.27. The van der Waals surface area contributed by atoms with Crippen molar-refractivity contribution in [1.82, 2.24) is 15.3 Å². The lowest BCUT2D eigenvalue weighted by atomic mass is 10.1. The highest BCUT2D eigenvalue weighted by atomic mass is 32.2. The number of aromatic amines is 1. The van der Waals surface area contributed by atoms with Gasteiger partial charge in [-0.25, -0.2) is 13.4 Å². The van der Waals surface area contributed by atoms with E-state index < -0.39 is 9.84 Å². The Labute approximate surface area is 152 Å². The second-order valence-corrected chi connectivity index (χ2v) is 7.80. The Morgan fingerprint density at radius 1 is 1.19 bits per heavy atom. The summed E-state index contributed by atoms with van der Waals surface area (Å²) in [6, 6.07) is 8.99. The fourth-order valence-electron chi connectivity index (χ4n) is 2.32. The molecule has 3 rings (SSSR count). The third-order valence-corrected chi connectivity index (χ3v) is 4.48. The zero-order valence-electron chi connectivity index (χ0n) is 15.1. The Morgan fingerprint density at radius 2 is 1.96 bits per heavy atom. The summed E-state index contributed by atoms with van der Waals surface area (Å²) < 4.78 is 27.9. The summed E-state index contributed by atoms with van der Waals surface area (Å²) in [5.41, 5.74) is 1.20. The Bertz CT molecular complexity index is 1020. The number of sulfone groups is 1. The summed E-state index contributed by atoms with van der Waals surface area (Å²) in [4.78, 5) is 18.5. The van der Waals surface area contributed by atoms with E-state index in [1.54, 1.807) is 12.1 Å². The van der Waals surface area contributed by atoms with E-state index in [-0.39, 0.29) is 11.3 Å². The van der Waals surface area contributed by atoms with E-state index in [1.165, 1.54) is 12.6 Å². The summed E-state index contributed by atoms with van der Waals surface area (Å²) >= 11 is 0. The van der Waals surface area contributed by atoms with Crippen LogP contribution < -0.4 is 10.9 Å². The quantitative estimate of drug-likeness (QED) is 0.639. The molecule has 0 saturated heterocycles. The average molecular weight is 377 g/mol. The molecular weight excluding hydrogens is 354 g/mol. The fourth-order valence-corrected chi connectivity index (χ4v) is 2.83. The third-order valence-electron chi connectivity index (χ3n) is 3.54. The minimum atomic E-state index is -2.97. The van der Waals surface area contributed by atoms with Gasteiger partial charge in [0, 0.05) is 18.4 Å².